The van der Waals surface area contributed by atoms with Crippen molar-refractivity contribution in [3.05, 3.63) is 12.2 Å². The van der Waals surface area contributed by atoms with Gasteiger partial charge in [-0.25, -0.2) is 9.67 Å². The Morgan fingerprint density at radius 2 is 1.90 bits per heavy atom. The topological polar surface area (TPSA) is 42.7 Å². The van der Waals surface area contributed by atoms with Crippen LogP contribution in [0.25, 0.3) is 0 Å². The second-order valence-corrected chi connectivity index (χ2v) is 5.88. The Bertz CT molecular complexity index is 346. The van der Waals surface area contributed by atoms with Gasteiger partial charge in [0.1, 0.15) is 12.2 Å². The third kappa shape index (κ3) is 6.04. The second kappa shape index (κ2) is 9.92. The molecule has 1 aromatic heterocycles. The molecule has 0 aliphatic rings. The Labute approximate surface area is 124 Å². The van der Waals surface area contributed by atoms with Crippen LogP contribution < -0.4 is 5.32 Å². The number of likely N-dealkylation sites (N-methyl/N-ethyl adjacent to an activating group) is 1. The molecule has 0 amide bonds. The van der Waals surface area contributed by atoms with Gasteiger partial charge in [0.05, 0.1) is 0 Å². The Hall–Kier alpha value is -0.900. The molecule has 0 bridgehead atoms. The first kappa shape index (κ1) is 17.2. The van der Waals surface area contributed by atoms with Crippen LogP contribution in [0.2, 0.25) is 0 Å². The molecule has 20 heavy (non-hydrogen) atoms. The quantitative estimate of drug-likeness (QED) is 0.628. The third-order valence-electron chi connectivity index (χ3n) is 3.71. The average molecular weight is 280 g/mol. The summed E-state index contributed by atoms with van der Waals surface area (Å²) < 4.78 is 2.04. The predicted molar refractivity (Wildman–Crippen MR) is 85.0 cm³/mol. The minimum atomic E-state index is 0.388. The summed E-state index contributed by atoms with van der Waals surface area (Å²) in [6.07, 6.45) is 10.6. The van der Waals surface area contributed by atoms with Crippen LogP contribution in [-0.4, -0.2) is 27.4 Å². The van der Waals surface area contributed by atoms with Crippen molar-refractivity contribution in [3.63, 3.8) is 0 Å². The van der Waals surface area contributed by atoms with Gasteiger partial charge in [0, 0.05) is 18.5 Å². The van der Waals surface area contributed by atoms with Gasteiger partial charge in [-0.1, -0.05) is 46.0 Å². The molecule has 0 aliphatic heterocycles. The second-order valence-electron chi connectivity index (χ2n) is 5.88. The van der Waals surface area contributed by atoms with Crippen LogP contribution in [0.4, 0.5) is 0 Å². The first-order chi connectivity index (χ1) is 9.69. The molecule has 0 aromatic carbocycles. The summed E-state index contributed by atoms with van der Waals surface area (Å²) in [6.45, 7) is 9.78. The molecule has 0 spiro atoms. The number of aromatic nitrogens is 3. The van der Waals surface area contributed by atoms with E-state index < -0.39 is 0 Å². The fourth-order valence-corrected chi connectivity index (χ4v) is 2.63. The number of nitrogens with one attached hydrogen (secondary N) is 1. The molecule has 1 unspecified atom stereocenters. The van der Waals surface area contributed by atoms with Crippen LogP contribution in [0.15, 0.2) is 6.33 Å². The van der Waals surface area contributed by atoms with E-state index in [0.29, 0.717) is 12.1 Å². The van der Waals surface area contributed by atoms with E-state index in [9.17, 15) is 0 Å². The van der Waals surface area contributed by atoms with Gasteiger partial charge in [-0.2, -0.15) is 5.10 Å². The first-order valence-electron chi connectivity index (χ1n) is 8.30. The first-order valence-corrected chi connectivity index (χ1v) is 8.30. The lowest BCUT2D eigenvalue weighted by Crippen LogP contribution is -2.32. The van der Waals surface area contributed by atoms with Crippen molar-refractivity contribution in [2.24, 2.45) is 0 Å². The molecule has 0 fully saturated rings. The van der Waals surface area contributed by atoms with Gasteiger partial charge in [-0.15, -0.1) is 0 Å². The van der Waals surface area contributed by atoms with E-state index >= 15 is 0 Å². The number of hydrogen-bond acceptors (Lipinski definition) is 3. The molecule has 0 aliphatic carbocycles. The van der Waals surface area contributed by atoms with Crippen LogP contribution in [0.5, 0.6) is 0 Å². The molecule has 1 atom stereocenters. The summed E-state index contributed by atoms with van der Waals surface area (Å²) in [4.78, 5) is 4.43. The van der Waals surface area contributed by atoms with Gasteiger partial charge in [0.15, 0.2) is 0 Å². The van der Waals surface area contributed by atoms with Crippen molar-refractivity contribution in [2.45, 2.75) is 84.7 Å². The van der Waals surface area contributed by atoms with Crippen molar-refractivity contribution in [3.8, 4) is 0 Å². The summed E-state index contributed by atoms with van der Waals surface area (Å²) in [5.74, 6) is 1.11. The van der Waals surface area contributed by atoms with E-state index in [1.54, 1.807) is 6.33 Å². The monoisotopic (exact) mass is 280 g/mol. The van der Waals surface area contributed by atoms with Gasteiger partial charge in [-0.3, -0.25) is 0 Å². The predicted octanol–water partition coefficient (Wildman–Crippen LogP) is 3.74. The van der Waals surface area contributed by atoms with Crippen molar-refractivity contribution in [1.82, 2.24) is 20.1 Å². The molecule has 4 nitrogen and oxygen atoms in total. The highest BCUT2D eigenvalue weighted by atomic mass is 15.3. The molecule has 0 radical (unpaired) electrons. The molecule has 0 saturated carbocycles. The molecular formula is C16H32N4. The summed E-state index contributed by atoms with van der Waals surface area (Å²) in [5, 5.41) is 7.92. The Morgan fingerprint density at radius 3 is 2.55 bits per heavy atom. The van der Waals surface area contributed by atoms with Crippen LogP contribution in [-0.2, 0) is 6.42 Å². The highest BCUT2D eigenvalue weighted by molar-refractivity contribution is 4.91. The molecule has 1 N–H and O–H groups in total. The normalized spacial score (nSPS) is 13.1. The zero-order valence-corrected chi connectivity index (χ0v) is 13.7. The Kier molecular flexibility index (Phi) is 8.51. The molecule has 4 heteroatoms. The fraction of sp³-hybridized carbons (Fsp3) is 0.875. The molecule has 0 saturated heterocycles. The molecular weight excluding hydrogens is 248 g/mol. The average Bonchev–Trinajstić information content (AvgIpc) is 2.87. The highest BCUT2D eigenvalue weighted by Crippen LogP contribution is 2.12. The van der Waals surface area contributed by atoms with Crippen molar-refractivity contribution in [2.75, 3.05) is 6.54 Å². The number of rotatable bonds is 11. The zero-order chi connectivity index (χ0) is 14.8. The van der Waals surface area contributed by atoms with Crippen LogP contribution in [0.3, 0.4) is 0 Å². The maximum atomic E-state index is 4.43. The van der Waals surface area contributed by atoms with Crippen molar-refractivity contribution >= 4 is 0 Å². The van der Waals surface area contributed by atoms with Gasteiger partial charge in [0.2, 0.25) is 0 Å². The van der Waals surface area contributed by atoms with Gasteiger partial charge in [-0.05, 0) is 26.8 Å². The molecule has 1 rings (SSSR count). The molecule has 116 valence electrons. The lowest BCUT2D eigenvalue weighted by molar-refractivity contribution is 0.429. The van der Waals surface area contributed by atoms with Crippen LogP contribution in [0, 0.1) is 0 Å². The standard InChI is InChI=1S/C16H32N4/c1-5-7-8-9-10-11-15(17-6-2)12-16-18-13-19-20(16)14(3)4/h13-15,17H,5-12H2,1-4H3. The van der Waals surface area contributed by atoms with Gasteiger partial charge >= 0.3 is 0 Å². The fourth-order valence-electron chi connectivity index (χ4n) is 2.63. The lowest BCUT2D eigenvalue weighted by atomic mass is 10.0. The van der Waals surface area contributed by atoms with E-state index in [-0.39, 0.29) is 0 Å². The van der Waals surface area contributed by atoms with Crippen LogP contribution >= 0.6 is 0 Å². The Morgan fingerprint density at radius 1 is 1.15 bits per heavy atom. The third-order valence-corrected chi connectivity index (χ3v) is 3.71. The van der Waals surface area contributed by atoms with E-state index in [1.807, 2.05) is 4.68 Å². The summed E-state index contributed by atoms with van der Waals surface area (Å²) in [5.41, 5.74) is 0. The summed E-state index contributed by atoms with van der Waals surface area (Å²) >= 11 is 0. The van der Waals surface area contributed by atoms with E-state index in [1.165, 1.54) is 38.5 Å². The molecule has 1 aromatic rings. The van der Waals surface area contributed by atoms with Gasteiger partial charge < -0.3 is 5.32 Å². The number of unbranched alkanes of at least 4 members (excludes halogenated alkanes) is 4. The largest absolute Gasteiger partial charge is 0.314 e. The van der Waals surface area contributed by atoms with E-state index in [0.717, 1.165) is 18.8 Å². The minimum absolute atomic E-state index is 0.388. The zero-order valence-electron chi connectivity index (χ0n) is 13.7. The van der Waals surface area contributed by atoms with Crippen molar-refractivity contribution < 1.29 is 0 Å². The van der Waals surface area contributed by atoms with E-state index in [4.69, 9.17) is 0 Å². The minimum Gasteiger partial charge on any atom is -0.314 e. The summed E-state index contributed by atoms with van der Waals surface area (Å²) in [7, 11) is 0. The smallest absolute Gasteiger partial charge is 0.138 e. The number of hydrogen-bond donors (Lipinski definition) is 1. The summed E-state index contributed by atoms with van der Waals surface area (Å²) in [6, 6.07) is 0.919. The highest BCUT2D eigenvalue weighted by Gasteiger charge is 2.14. The maximum absolute atomic E-state index is 4.43. The SMILES string of the molecule is CCCCCCCC(Cc1ncnn1C(C)C)NCC. The lowest BCUT2D eigenvalue weighted by Gasteiger charge is -2.18. The number of nitrogens with zero attached hydrogens (tertiary/aromatic N) is 3. The van der Waals surface area contributed by atoms with Crippen LogP contribution in [0.1, 0.15) is 78.1 Å². The maximum Gasteiger partial charge on any atom is 0.138 e. The van der Waals surface area contributed by atoms with E-state index in [2.05, 4.69) is 43.1 Å². The van der Waals surface area contributed by atoms with Crippen molar-refractivity contribution in [1.29, 1.82) is 0 Å². The molecule has 1 heterocycles. The Balaban J connectivity index is 2.43. The van der Waals surface area contributed by atoms with Gasteiger partial charge in [0.25, 0.3) is 0 Å².